The molecule has 0 atom stereocenters. The van der Waals surface area contributed by atoms with E-state index in [0.29, 0.717) is 12.6 Å². The molecule has 1 aromatic rings. The summed E-state index contributed by atoms with van der Waals surface area (Å²) in [6.45, 7) is 8.18. The molecule has 6 heteroatoms. The van der Waals surface area contributed by atoms with E-state index in [4.69, 9.17) is 0 Å². The molecule has 1 aromatic heterocycles. The normalized spacial score (nSPS) is 22.9. The van der Waals surface area contributed by atoms with Crippen molar-refractivity contribution in [2.45, 2.75) is 59.0 Å². The first-order valence-corrected chi connectivity index (χ1v) is 8.47. The van der Waals surface area contributed by atoms with Crippen molar-refractivity contribution in [3.8, 4) is 0 Å². The Morgan fingerprint density at radius 2 is 2.09 bits per heavy atom. The second kappa shape index (κ2) is 8.15. The summed E-state index contributed by atoms with van der Waals surface area (Å²) in [5, 5.41) is 14.9. The molecule has 1 aliphatic carbocycles. The Balaban J connectivity index is 1.88. The molecule has 0 unspecified atom stereocenters. The molecule has 0 amide bonds. The molecule has 0 saturated heterocycles. The first-order chi connectivity index (χ1) is 10.6. The van der Waals surface area contributed by atoms with E-state index < -0.39 is 0 Å². The maximum atomic E-state index is 4.64. The van der Waals surface area contributed by atoms with Crippen LogP contribution in [0, 0.1) is 11.8 Å². The van der Waals surface area contributed by atoms with Crippen molar-refractivity contribution in [1.82, 2.24) is 25.4 Å². The van der Waals surface area contributed by atoms with Gasteiger partial charge in [-0.15, -0.1) is 10.2 Å². The standard InChI is InChI=1S/C16H30N6/c1-5-17-16(18-10-15-21-19-11-22(15)4)20-14-8-6-13(7-9-14)12(2)3/h11-14H,5-10H2,1-4H3,(H2,17,18,20). The first kappa shape index (κ1) is 16.8. The minimum absolute atomic E-state index is 0.535. The molecule has 0 spiro atoms. The Hall–Kier alpha value is -1.59. The fourth-order valence-electron chi connectivity index (χ4n) is 3.04. The number of aryl methyl sites for hydroxylation is 1. The summed E-state index contributed by atoms with van der Waals surface area (Å²) in [6, 6.07) is 0.535. The number of guanidine groups is 1. The van der Waals surface area contributed by atoms with Crippen LogP contribution in [0.4, 0.5) is 0 Å². The van der Waals surface area contributed by atoms with Gasteiger partial charge in [-0.2, -0.15) is 0 Å². The number of hydrogen-bond acceptors (Lipinski definition) is 3. The van der Waals surface area contributed by atoms with Crippen LogP contribution in [0.2, 0.25) is 0 Å². The van der Waals surface area contributed by atoms with Crippen molar-refractivity contribution < 1.29 is 0 Å². The zero-order chi connectivity index (χ0) is 15.9. The van der Waals surface area contributed by atoms with Gasteiger partial charge >= 0.3 is 0 Å². The zero-order valence-electron chi connectivity index (χ0n) is 14.3. The van der Waals surface area contributed by atoms with Crippen molar-refractivity contribution in [2.24, 2.45) is 23.9 Å². The second-order valence-electron chi connectivity index (χ2n) is 6.55. The van der Waals surface area contributed by atoms with E-state index in [0.717, 1.165) is 30.2 Å². The molecule has 2 N–H and O–H groups in total. The van der Waals surface area contributed by atoms with E-state index >= 15 is 0 Å². The summed E-state index contributed by atoms with van der Waals surface area (Å²) in [6.07, 6.45) is 6.81. The Kier molecular flexibility index (Phi) is 6.21. The van der Waals surface area contributed by atoms with E-state index in [1.54, 1.807) is 6.33 Å². The lowest BCUT2D eigenvalue weighted by Gasteiger charge is -2.32. The van der Waals surface area contributed by atoms with Crippen LogP contribution in [-0.4, -0.2) is 33.3 Å². The summed E-state index contributed by atoms with van der Waals surface area (Å²) >= 11 is 0. The Morgan fingerprint density at radius 1 is 1.36 bits per heavy atom. The third kappa shape index (κ3) is 4.71. The highest BCUT2D eigenvalue weighted by Gasteiger charge is 2.23. The zero-order valence-corrected chi connectivity index (χ0v) is 14.3. The fraction of sp³-hybridized carbons (Fsp3) is 0.812. The van der Waals surface area contributed by atoms with Crippen LogP contribution in [0.1, 0.15) is 52.3 Å². The van der Waals surface area contributed by atoms with E-state index in [9.17, 15) is 0 Å². The van der Waals surface area contributed by atoms with Crippen LogP contribution >= 0.6 is 0 Å². The van der Waals surface area contributed by atoms with Crippen molar-refractivity contribution in [3.63, 3.8) is 0 Å². The number of nitrogens with zero attached hydrogens (tertiary/aromatic N) is 4. The van der Waals surface area contributed by atoms with Gasteiger partial charge in [-0.25, -0.2) is 4.99 Å². The highest BCUT2D eigenvalue weighted by molar-refractivity contribution is 5.80. The maximum Gasteiger partial charge on any atom is 0.191 e. The van der Waals surface area contributed by atoms with E-state index in [2.05, 4.69) is 46.6 Å². The van der Waals surface area contributed by atoms with Gasteiger partial charge in [0.1, 0.15) is 12.9 Å². The van der Waals surface area contributed by atoms with Crippen molar-refractivity contribution in [3.05, 3.63) is 12.2 Å². The lowest BCUT2D eigenvalue weighted by Crippen LogP contribution is -2.45. The summed E-state index contributed by atoms with van der Waals surface area (Å²) in [4.78, 5) is 4.64. The van der Waals surface area contributed by atoms with Gasteiger partial charge in [0.2, 0.25) is 0 Å². The summed E-state index contributed by atoms with van der Waals surface area (Å²) in [7, 11) is 1.94. The SMILES string of the molecule is CCNC(=NCc1nncn1C)NC1CCC(C(C)C)CC1. The van der Waals surface area contributed by atoms with Gasteiger partial charge in [-0.05, 0) is 44.4 Å². The van der Waals surface area contributed by atoms with Gasteiger partial charge in [0.15, 0.2) is 11.8 Å². The minimum atomic E-state index is 0.535. The molecule has 0 radical (unpaired) electrons. The predicted molar refractivity (Wildman–Crippen MR) is 89.5 cm³/mol. The van der Waals surface area contributed by atoms with Gasteiger partial charge < -0.3 is 15.2 Å². The van der Waals surface area contributed by atoms with Crippen LogP contribution < -0.4 is 10.6 Å². The topological polar surface area (TPSA) is 67.1 Å². The Morgan fingerprint density at radius 3 is 2.64 bits per heavy atom. The van der Waals surface area contributed by atoms with E-state index in [1.165, 1.54) is 25.7 Å². The lowest BCUT2D eigenvalue weighted by molar-refractivity contribution is 0.250. The molecule has 0 aliphatic heterocycles. The summed E-state index contributed by atoms with van der Waals surface area (Å²) < 4.78 is 1.90. The molecule has 6 nitrogen and oxygen atoms in total. The van der Waals surface area contributed by atoms with Crippen molar-refractivity contribution in [1.29, 1.82) is 0 Å². The third-order valence-corrected chi connectivity index (χ3v) is 4.58. The average molecular weight is 306 g/mol. The first-order valence-electron chi connectivity index (χ1n) is 8.47. The lowest BCUT2D eigenvalue weighted by atomic mass is 9.80. The van der Waals surface area contributed by atoms with Gasteiger partial charge in [0.05, 0.1) is 0 Å². The Labute approximate surface area is 133 Å². The van der Waals surface area contributed by atoms with Gasteiger partial charge in [-0.3, -0.25) is 0 Å². The largest absolute Gasteiger partial charge is 0.357 e. The van der Waals surface area contributed by atoms with E-state index in [-0.39, 0.29) is 0 Å². The summed E-state index contributed by atoms with van der Waals surface area (Å²) in [5.41, 5.74) is 0. The van der Waals surface area contributed by atoms with Crippen LogP contribution in [0.3, 0.4) is 0 Å². The van der Waals surface area contributed by atoms with Crippen molar-refractivity contribution in [2.75, 3.05) is 6.54 Å². The maximum absolute atomic E-state index is 4.64. The predicted octanol–water partition coefficient (Wildman–Crippen LogP) is 2.08. The Bertz CT molecular complexity index is 471. The monoisotopic (exact) mass is 306 g/mol. The minimum Gasteiger partial charge on any atom is -0.357 e. The highest BCUT2D eigenvalue weighted by atomic mass is 15.3. The number of hydrogen-bond donors (Lipinski definition) is 2. The van der Waals surface area contributed by atoms with Gasteiger partial charge in [0.25, 0.3) is 0 Å². The molecular weight excluding hydrogens is 276 g/mol. The highest BCUT2D eigenvalue weighted by Crippen LogP contribution is 2.29. The van der Waals surface area contributed by atoms with Crippen molar-refractivity contribution >= 4 is 5.96 Å². The average Bonchev–Trinajstić information content (AvgIpc) is 2.91. The van der Waals surface area contributed by atoms with Crippen LogP contribution in [0.15, 0.2) is 11.3 Å². The molecule has 22 heavy (non-hydrogen) atoms. The van der Waals surface area contributed by atoms with Gasteiger partial charge in [0, 0.05) is 19.6 Å². The van der Waals surface area contributed by atoms with Crippen LogP contribution in [0.25, 0.3) is 0 Å². The third-order valence-electron chi connectivity index (χ3n) is 4.58. The molecule has 1 fully saturated rings. The number of rotatable bonds is 5. The molecular formula is C16H30N6. The summed E-state index contributed by atoms with van der Waals surface area (Å²) in [5.74, 6) is 3.45. The quantitative estimate of drug-likeness (QED) is 0.646. The number of aromatic nitrogens is 3. The molecule has 124 valence electrons. The molecule has 0 bridgehead atoms. The van der Waals surface area contributed by atoms with Gasteiger partial charge in [-0.1, -0.05) is 13.8 Å². The molecule has 1 saturated carbocycles. The molecule has 1 aliphatic rings. The fourth-order valence-corrected chi connectivity index (χ4v) is 3.04. The number of aliphatic imine (C=N–C) groups is 1. The molecule has 0 aromatic carbocycles. The molecule has 1 heterocycles. The van der Waals surface area contributed by atoms with Crippen LogP contribution in [0.5, 0.6) is 0 Å². The number of nitrogens with one attached hydrogen (secondary N) is 2. The smallest absolute Gasteiger partial charge is 0.191 e. The second-order valence-corrected chi connectivity index (χ2v) is 6.55. The molecule has 2 rings (SSSR count). The van der Waals surface area contributed by atoms with Crippen LogP contribution in [-0.2, 0) is 13.6 Å². The van der Waals surface area contributed by atoms with E-state index in [1.807, 2.05) is 11.6 Å².